The average molecular weight is 1170 g/mol. The van der Waals surface area contributed by atoms with E-state index in [2.05, 4.69) is 43.5 Å². The number of aliphatic hydroxyl groups excluding tert-OH is 5. The molecular formula is C74H141NO8. The van der Waals surface area contributed by atoms with Gasteiger partial charge < -0.3 is 40.3 Å². The summed E-state index contributed by atoms with van der Waals surface area (Å²) in [6, 6.07) is -0.828. The highest BCUT2D eigenvalue weighted by Crippen LogP contribution is 2.24. The van der Waals surface area contributed by atoms with Gasteiger partial charge in [0.15, 0.2) is 6.29 Å². The summed E-state index contributed by atoms with van der Waals surface area (Å²) >= 11 is 0. The van der Waals surface area contributed by atoms with Gasteiger partial charge in [0.05, 0.1) is 25.4 Å². The lowest BCUT2D eigenvalue weighted by Gasteiger charge is -2.40. The number of aliphatic hydroxyl groups is 5. The van der Waals surface area contributed by atoms with Crippen LogP contribution in [0.1, 0.15) is 373 Å². The summed E-state index contributed by atoms with van der Waals surface area (Å²) in [5.74, 6) is -0.183. The Labute approximate surface area is 514 Å². The molecule has 0 saturated carbocycles. The van der Waals surface area contributed by atoms with E-state index in [0.717, 1.165) is 44.9 Å². The number of carbonyl (C=O) groups is 1. The molecule has 1 heterocycles. The van der Waals surface area contributed by atoms with Crippen LogP contribution in [0.3, 0.4) is 0 Å². The molecule has 7 atom stereocenters. The third-order valence-corrected chi connectivity index (χ3v) is 17.7. The van der Waals surface area contributed by atoms with Crippen LogP contribution in [-0.2, 0) is 14.3 Å². The molecule has 0 aliphatic carbocycles. The Hall–Kier alpha value is -1.59. The fraction of sp³-hybridized carbons (Fsp3) is 0.905. The lowest BCUT2D eigenvalue weighted by molar-refractivity contribution is -0.302. The Balaban J connectivity index is 2.13. The first kappa shape index (κ1) is 79.4. The molecule has 7 unspecified atom stereocenters. The van der Waals surface area contributed by atoms with Crippen LogP contribution in [-0.4, -0.2) is 87.5 Å². The number of carbonyl (C=O) groups excluding carboxylic acids is 1. The largest absolute Gasteiger partial charge is 0.394 e. The van der Waals surface area contributed by atoms with Gasteiger partial charge in [-0.25, -0.2) is 0 Å². The van der Waals surface area contributed by atoms with Gasteiger partial charge in [-0.15, -0.1) is 0 Å². The number of rotatable bonds is 65. The van der Waals surface area contributed by atoms with Gasteiger partial charge in [-0.2, -0.15) is 0 Å². The van der Waals surface area contributed by atoms with Crippen molar-refractivity contribution < 1.29 is 39.8 Å². The first-order valence-corrected chi connectivity index (χ1v) is 36.7. The molecule has 9 heteroatoms. The summed E-state index contributed by atoms with van der Waals surface area (Å²) in [5.41, 5.74) is 0. The number of amides is 1. The lowest BCUT2D eigenvalue weighted by atomic mass is 9.99. The molecule has 0 radical (unpaired) electrons. The maximum absolute atomic E-state index is 13.1. The zero-order valence-electron chi connectivity index (χ0n) is 55.0. The van der Waals surface area contributed by atoms with E-state index in [1.165, 1.54) is 308 Å². The van der Waals surface area contributed by atoms with E-state index in [1.54, 1.807) is 6.08 Å². The molecule has 83 heavy (non-hydrogen) atoms. The number of hydrogen-bond donors (Lipinski definition) is 6. The molecular weight excluding hydrogens is 1030 g/mol. The van der Waals surface area contributed by atoms with Gasteiger partial charge in [0.2, 0.25) is 5.91 Å². The molecule has 490 valence electrons. The minimum Gasteiger partial charge on any atom is -0.394 e. The van der Waals surface area contributed by atoms with Gasteiger partial charge >= 0.3 is 0 Å². The summed E-state index contributed by atoms with van der Waals surface area (Å²) in [6.07, 6.45) is 78.5. The molecule has 0 aromatic rings. The molecule has 1 fully saturated rings. The van der Waals surface area contributed by atoms with Gasteiger partial charge in [0.25, 0.3) is 0 Å². The zero-order chi connectivity index (χ0) is 60.0. The van der Waals surface area contributed by atoms with Crippen LogP contribution in [0, 0.1) is 0 Å². The fourth-order valence-corrected chi connectivity index (χ4v) is 12.0. The standard InChI is InChI=1S/C74H141NO8/c1-3-5-7-9-11-13-15-17-19-21-23-25-27-29-31-33-34-36-38-40-42-44-46-48-50-52-54-56-58-60-62-64-70(78)75-67(66-82-74-73(81)72(80)71(79)69(65-76)83-74)68(77)63-61-59-57-55-53-51-49-47-45-43-41-39-37-35-32-30-28-26-24-22-20-18-16-14-12-10-8-6-4-2/h45,47,53,55,61,63,67-69,71-74,76-77,79-81H,3-44,46,48-52,54,56-60,62,64-66H2,1-2H3,(H,75,78)/b47-45+,55-53+,63-61+. The van der Waals surface area contributed by atoms with Crippen LogP contribution in [0.4, 0.5) is 0 Å². The second kappa shape index (κ2) is 63.4. The van der Waals surface area contributed by atoms with Crippen LogP contribution in [0.15, 0.2) is 36.5 Å². The highest BCUT2D eigenvalue weighted by atomic mass is 16.7. The van der Waals surface area contributed by atoms with E-state index in [-0.39, 0.29) is 12.5 Å². The lowest BCUT2D eigenvalue weighted by Crippen LogP contribution is -2.60. The van der Waals surface area contributed by atoms with Gasteiger partial charge in [-0.05, 0) is 44.9 Å². The predicted molar refractivity (Wildman–Crippen MR) is 355 cm³/mol. The van der Waals surface area contributed by atoms with E-state index in [1.807, 2.05) is 6.08 Å². The minimum absolute atomic E-state index is 0.183. The third kappa shape index (κ3) is 52.1. The Morgan fingerprint density at radius 3 is 1.01 bits per heavy atom. The van der Waals surface area contributed by atoms with Crippen molar-refractivity contribution in [2.45, 2.75) is 416 Å². The smallest absolute Gasteiger partial charge is 0.220 e. The molecule has 0 aromatic heterocycles. The Morgan fingerprint density at radius 2 is 0.687 bits per heavy atom. The predicted octanol–water partition coefficient (Wildman–Crippen LogP) is 20.2. The molecule has 1 aliphatic rings. The van der Waals surface area contributed by atoms with Crippen LogP contribution < -0.4 is 5.32 Å². The minimum atomic E-state index is -1.58. The van der Waals surface area contributed by atoms with Crippen molar-refractivity contribution in [2.75, 3.05) is 13.2 Å². The fourth-order valence-electron chi connectivity index (χ4n) is 12.0. The normalized spacial score (nSPS) is 18.4. The van der Waals surface area contributed by atoms with Crippen molar-refractivity contribution in [1.82, 2.24) is 5.32 Å². The zero-order valence-corrected chi connectivity index (χ0v) is 55.0. The van der Waals surface area contributed by atoms with Gasteiger partial charge in [0.1, 0.15) is 24.4 Å². The first-order chi connectivity index (χ1) is 40.8. The number of nitrogens with one attached hydrogen (secondary N) is 1. The van der Waals surface area contributed by atoms with E-state index >= 15 is 0 Å². The molecule has 6 N–H and O–H groups in total. The van der Waals surface area contributed by atoms with Crippen molar-refractivity contribution in [3.63, 3.8) is 0 Å². The van der Waals surface area contributed by atoms with E-state index in [9.17, 15) is 30.3 Å². The summed E-state index contributed by atoms with van der Waals surface area (Å²) in [4.78, 5) is 13.1. The molecule has 0 spiro atoms. The van der Waals surface area contributed by atoms with Crippen molar-refractivity contribution in [2.24, 2.45) is 0 Å². The van der Waals surface area contributed by atoms with Crippen LogP contribution >= 0.6 is 0 Å². The third-order valence-electron chi connectivity index (χ3n) is 17.7. The summed E-state index contributed by atoms with van der Waals surface area (Å²) in [7, 11) is 0. The molecule has 1 rings (SSSR count). The topological polar surface area (TPSA) is 149 Å². The van der Waals surface area contributed by atoms with Crippen molar-refractivity contribution in [3.8, 4) is 0 Å². The number of allylic oxidation sites excluding steroid dienone is 5. The molecule has 9 nitrogen and oxygen atoms in total. The van der Waals surface area contributed by atoms with Crippen LogP contribution in [0.2, 0.25) is 0 Å². The Kier molecular flexibility index (Phi) is 60.7. The second-order valence-corrected chi connectivity index (χ2v) is 25.7. The number of ether oxygens (including phenoxy) is 2. The Bertz CT molecular complexity index is 1410. The highest BCUT2D eigenvalue weighted by Gasteiger charge is 2.44. The maximum Gasteiger partial charge on any atom is 0.220 e. The second-order valence-electron chi connectivity index (χ2n) is 25.7. The number of unbranched alkanes of at least 4 members (excludes halogenated alkanes) is 51. The molecule has 1 saturated heterocycles. The van der Waals surface area contributed by atoms with E-state index in [0.29, 0.717) is 6.42 Å². The molecule has 0 aromatic carbocycles. The number of hydrogen-bond acceptors (Lipinski definition) is 8. The van der Waals surface area contributed by atoms with Crippen LogP contribution in [0.5, 0.6) is 0 Å². The van der Waals surface area contributed by atoms with Crippen LogP contribution in [0.25, 0.3) is 0 Å². The highest BCUT2D eigenvalue weighted by molar-refractivity contribution is 5.76. The molecule has 0 bridgehead atoms. The molecule has 1 amide bonds. The summed E-state index contributed by atoms with van der Waals surface area (Å²) in [5, 5.41) is 54.8. The molecule has 1 aliphatic heterocycles. The maximum atomic E-state index is 13.1. The first-order valence-electron chi connectivity index (χ1n) is 36.7. The Morgan fingerprint density at radius 1 is 0.398 bits per heavy atom. The van der Waals surface area contributed by atoms with Gasteiger partial charge in [0, 0.05) is 6.42 Å². The monoisotopic (exact) mass is 1170 g/mol. The van der Waals surface area contributed by atoms with Gasteiger partial charge in [-0.3, -0.25) is 4.79 Å². The average Bonchev–Trinajstić information content (AvgIpc) is 3.50. The van der Waals surface area contributed by atoms with E-state index < -0.39 is 49.5 Å². The quantitative estimate of drug-likeness (QED) is 0.0261. The van der Waals surface area contributed by atoms with Crippen molar-refractivity contribution >= 4 is 5.91 Å². The van der Waals surface area contributed by atoms with Crippen molar-refractivity contribution in [3.05, 3.63) is 36.5 Å². The summed E-state index contributed by atoms with van der Waals surface area (Å²) < 4.78 is 11.3. The SMILES string of the molecule is CCCCCCCCCCCCCCCCCCCCC/C=C/CC/C=C/CC/C=C/C(O)C(COC1OC(CO)C(O)C(O)C1O)NC(=O)CCCCCCCCCCCCCCCCCCCCCCCCCCCCCCCCC. The summed E-state index contributed by atoms with van der Waals surface area (Å²) in [6.45, 7) is 3.82. The van der Waals surface area contributed by atoms with Gasteiger partial charge in [-0.1, -0.05) is 359 Å². The van der Waals surface area contributed by atoms with E-state index in [4.69, 9.17) is 9.47 Å². The van der Waals surface area contributed by atoms with Crippen molar-refractivity contribution in [1.29, 1.82) is 0 Å².